The van der Waals surface area contributed by atoms with Crippen LogP contribution >= 0.6 is 15.9 Å². The summed E-state index contributed by atoms with van der Waals surface area (Å²) in [5.41, 5.74) is 1.29. The third kappa shape index (κ3) is 3.13. The normalized spacial score (nSPS) is 17.7. The van der Waals surface area contributed by atoms with Gasteiger partial charge in [-0.2, -0.15) is 0 Å². The van der Waals surface area contributed by atoms with Gasteiger partial charge in [0.15, 0.2) is 0 Å². The highest BCUT2D eigenvalue weighted by Crippen LogP contribution is 2.31. The number of aliphatic hydroxyl groups is 5. The maximum Gasteiger partial charge on any atom is 0.113 e. The highest BCUT2D eigenvalue weighted by molar-refractivity contribution is 9.10. The number of benzene rings is 1. The molecule has 0 amide bonds. The van der Waals surface area contributed by atoms with Gasteiger partial charge in [-0.15, -0.1) is 0 Å². The van der Waals surface area contributed by atoms with Crippen molar-refractivity contribution < 1.29 is 25.5 Å². The topological polar surface area (TPSA) is 106 Å². The lowest BCUT2D eigenvalue weighted by atomic mass is 9.97. The molecule has 1 heterocycles. The number of aromatic nitrogens is 1. The van der Waals surface area contributed by atoms with Gasteiger partial charge in [-0.25, -0.2) is 0 Å². The average molecular weight is 360 g/mol. The van der Waals surface area contributed by atoms with E-state index < -0.39 is 31.0 Å². The Kier molecular flexibility index (Phi) is 5.03. The van der Waals surface area contributed by atoms with Gasteiger partial charge in [-0.1, -0.05) is 15.9 Å². The van der Waals surface area contributed by atoms with Crippen LogP contribution in [0, 0.1) is 0 Å². The molecule has 0 aliphatic carbocycles. The highest BCUT2D eigenvalue weighted by Gasteiger charge is 2.32. The first kappa shape index (κ1) is 16.4. The second kappa shape index (κ2) is 6.43. The van der Waals surface area contributed by atoms with E-state index in [-0.39, 0.29) is 0 Å². The van der Waals surface area contributed by atoms with Gasteiger partial charge in [0, 0.05) is 34.2 Å². The van der Waals surface area contributed by atoms with Gasteiger partial charge in [0.25, 0.3) is 0 Å². The largest absolute Gasteiger partial charge is 0.394 e. The Hall–Kier alpha value is -0.960. The van der Waals surface area contributed by atoms with E-state index in [1.54, 1.807) is 23.9 Å². The highest BCUT2D eigenvalue weighted by atomic mass is 79.9. The molecule has 4 atom stereocenters. The number of hydrogen-bond acceptors (Lipinski definition) is 5. The minimum absolute atomic E-state index is 0.436. The molecule has 2 rings (SSSR count). The van der Waals surface area contributed by atoms with E-state index in [1.807, 2.05) is 12.1 Å². The van der Waals surface area contributed by atoms with E-state index >= 15 is 0 Å². The number of aryl methyl sites for hydroxylation is 1. The van der Waals surface area contributed by atoms with Crippen LogP contribution in [-0.4, -0.2) is 55.0 Å². The van der Waals surface area contributed by atoms with Crippen molar-refractivity contribution in [3.63, 3.8) is 0 Å². The van der Waals surface area contributed by atoms with Crippen LogP contribution < -0.4 is 0 Å². The fourth-order valence-corrected chi connectivity index (χ4v) is 2.70. The number of halogens is 1. The molecule has 0 saturated carbocycles. The second-order valence-corrected chi connectivity index (χ2v) is 5.95. The summed E-state index contributed by atoms with van der Waals surface area (Å²) >= 11 is 3.35. The minimum atomic E-state index is -1.65. The summed E-state index contributed by atoms with van der Waals surface area (Å²) in [5.74, 6) is 0. The quantitative estimate of drug-likeness (QED) is 0.518. The molecule has 21 heavy (non-hydrogen) atoms. The molecule has 0 saturated heterocycles. The monoisotopic (exact) mass is 359 g/mol. The van der Waals surface area contributed by atoms with Crippen molar-refractivity contribution in [3.05, 3.63) is 34.4 Å². The lowest BCUT2D eigenvalue weighted by Gasteiger charge is -2.25. The van der Waals surface area contributed by atoms with Crippen LogP contribution in [0.25, 0.3) is 10.9 Å². The summed E-state index contributed by atoms with van der Waals surface area (Å²) in [7, 11) is 1.80. The van der Waals surface area contributed by atoms with Crippen molar-refractivity contribution in [2.75, 3.05) is 6.61 Å². The van der Waals surface area contributed by atoms with Gasteiger partial charge >= 0.3 is 0 Å². The number of fused-ring (bicyclic) bond motifs is 1. The molecule has 2 aromatic rings. The Balaban J connectivity index is 2.39. The van der Waals surface area contributed by atoms with Crippen molar-refractivity contribution in [1.29, 1.82) is 0 Å². The molecular weight excluding hydrogens is 342 g/mol. The van der Waals surface area contributed by atoms with Crippen LogP contribution in [0.15, 0.2) is 28.9 Å². The van der Waals surface area contributed by atoms with Crippen LogP contribution in [0.4, 0.5) is 0 Å². The maximum absolute atomic E-state index is 10.3. The van der Waals surface area contributed by atoms with Crippen LogP contribution in [0.3, 0.4) is 0 Å². The summed E-state index contributed by atoms with van der Waals surface area (Å²) in [4.78, 5) is 0. The Bertz CT molecular complexity index is 629. The van der Waals surface area contributed by atoms with Gasteiger partial charge in [-0.3, -0.25) is 0 Å². The standard InChI is InChI=1S/C14H18BrNO5/c1-16-5-9(8-4-7(15)2-3-10(8)16)12(19)14(21)13(20)11(18)6-17/h2-5,11-14,17-21H,6H2,1H3/t11-,12+,13-,14+/m1/s1. The van der Waals surface area contributed by atoms with Crippen LogP contribution in [0.1, 0.15) is 11.7 Å². The number of rotatable bonds is 5. The van der Waals surface area contributed by atoms with E-state index in [9.17, 15) is 20.4 Å². The molecule has 116 valence electrons. The molecule has 6 nitrogen and oxygen atoms in total. The molecule has 0 radical (unpaired) electrons. The first-order valence-electron chi connectivity index (χ1n) is 6.44. The third-order valence-corrected chi connectivity index (χ3v) is 4.05. The van der Waals surface area contributed by atoms with E-state index in [1.165, 1.54) is 0 Å². The van der Waals surface area contributed by atoms with Crippen LogP contribution in [0.5, 0.6) is 0 Å². The molecule has 0 spiro atoms. The molecule has 0 fully saturated rings. The van der Waals surface area contributed by atoms with Gasteiger partial charge < -0.3 is 30.1 Å². The predicted molar refractivity (Wildman–Crippen MR) is 80.7 cm³/mol. The summed E-state index contributed by atoms with van der Waals surface area (Å²) in [5, 5.41) is 48.9. The Morgan fingerprint density at radius 2 is 1.81 bits per heavy atom. The zero-order chi connectivity index (χ0) is 15.7. The molecule has 0 aliphatic rings. The average Bonchev–Trinajstić information content (AvgIpc) is 2.80. The van der Waals surface area contributed by atoms with E-state index in [0.29, 0.717) is 5.56 Å². The number of aliphatic hydroxyl groups excluding tert-OH is 5. The Morgan fingerprint density at radius 3 is 2.43 bits per heavy atom. The predicted octanol–water partition coefficient (Wildman–Crippen LogP) is 0.0492. The zero-order valence-electron chi connectivity index (χ0n) is 11.4. The summed E-state index contributed by atoms with van der Waals surface area (Å²) in [6.45, 7) is -0.702. The lowest BCUT2D eigenvalue weighted by Crippen LogP contribution is -2.42. The summed E-state index contributed by atoms with van der Waals surface area (Å²) in [6.07, 6.45) is -4.51. The van der Waals surface area contributed by atoms with Crippen molar-refractivity contribution in [1.82, 2.24) is 4.57 Å². The fourth-order valence-electron chi connectivity index (χ4n) is 2.34. The van der Waals surface area contributed by atoms with Crippen molar-refractivity contribution in [2.45, 2.75) is 24.4 Å². The summed E-state index contributed by atoms with van der Waals surface area (Å²) < 4.78 is 2.61. The number of hydrogen-bond donors (Lipinski definition) is 5. The van der Waals surface area contributed by atoms with Crippen molar-refractivity contribution in [2.24, 2.45) is 7.05 Å². The second-order valence-electron chi connectivity index (χ2n) is 5.03. The molecule has 1 aromatic carbocycles. The number of nitrogens with zero attached hydrogens (tertiary/aromatic N) is 1. The first-order chi connectivity index (χ1) is 9.86. The lowest BCUT2D eigenvalue weighted by molar-refractivity contribution is -0.116. The van der Waals surface area contributed by atoms with Crippen LogP contribution in [-0.2, 0) is 7.05 Å². The molecule has 1 aromatic heterocycles. The van der Waals surface area contributed by atoms with Crippen LogP contribution in [0.2, 0.25) is 0 Å². The van der Waals surface area contributed by atoms with Crippen molar-refractivity contribution in [3.8, 4) is 0 Å². The molecular formula is C14H18BrNO5. The van der Waals surface area contributed by atoms with E-state index in [4.69, 9.17) is 5.11 Å². The Morgan fingerprint density at radius 1 is 1.14 bits per heavy atom. The minimum Gasteiger partial charge on any atom is -0.394 e. The van der Waals surface area contributed by atoms with E-state index in [2.05, 4.69) is 15.9 Å². The van der Waals surface area contributed by atoms with Crippen molar-refractivity contribution >= 4 is 26.8 Å². The van der Waals surface area contributed by atoms with Gasteiger partial charge in [0.2, 0.25) is 0 Å². The molecule has 0 aliphatic heterocycles. The molecule has 7 heteroatoms. The molecule has 5 N–H and O–H groups in total. The molecule has 0 bridgehead atoms. The summed E-state index contributed by atoms with van der Waals surface area (Å²) in [6, 6.07) is 5.52. The zero-order valence-corrected chi connectivity index (χ0v) is 13.0. The first-order valence-corrected chi connectivity index (χ1v) is 7.23. The van der Waals surface area contributed by atoms with Gasteiger partial charge in [0.05, 0.1) is 6.61 Å². The maximum atomic E-state index is 10.3. The Labute approximate surface area is 130 Å². The molecule has 0 unspecified atom stereocenters. The van der Waals surface area contributed by atoms with Gasteiger partial charge in [-0.05, 0) is 18.2 Å². The van der Waals surface area contributed by atoms with E-state index in [0.717, 1.165) is 15.4 Å². The smallest absolute Gasteiger partial charge is 0.113 e. The SMILES string of the molecule is Cn1cc([C@H](O)[C@H](O)[C@H](O)[C@H](O)CO)c2cc(Br)ccc21. The fraction of sp³-hybridized carbons (Fsp3) is 0.429. The third-order valence-electron chi connectivity index (χ3n) is 3.56. The van der Waals surface area contributed by atoms with Gasteiger partial charge in [0.1, 0.15) is 24.4 Å².